The lowest BCUT2D eigenvalue weighted by Crippen LogP contribution is -2.43. The molecule has 0 unspecified atom stereocenters. The van der Waals surface area contributed by atoms with Gasteiger partial charge in [-0.2, -0.15) is 30.6 Å². The smallest absolute Gasteiger partial charge is 0.195 e. The van der Waals surface area contributed by atoms with Crippen molar-refractivity contribution in [3.8, 4) is 0 Å². The Hall–Kier alpha value is -1.64. The molecule has 0 bridgehead atoms. The first kappa shape index (κ1) is 17.7. The van der Waals surface area contributed by atoms with Gasteiger partial charge in [0.1, 0.15) is 6.54 Å². The van der Waals surface area contributed by atoms with Crippen LogP contribution in [-0.2, 0) is 16.6 Å². The minimum atomic E-state index is -4.58. The largest absolute Gasteiger partial charge is 0.402 e. The number of hydrogen-bond donors (Lipinski definition) is 1. The first-order chi connectivity index (χ1) is 10.7. The summed E-state index contributed by atoms with van der Waals surface area (Å²) in [5.74, 6) is 0. The van der Waals surface area contributed by atoms with Gasteiger partial charge in [0.15, 0.2) is 0 Å². The van der Waals surface area contributed by atoms with Crippen molar-refractivity contribution in [2.45, 2.75) is 12.6 Å². The van der Waals surface area contributed by atoms with Crippen molar-refractivity contribution in [2.75, 3.05) is 20.1 Å². The number of benzene rings is 2. The number of fused-ring (bicyclic) bond motifs is 1. The number of rotatable bonds is 6. The standard InChI is InChI=1S/C15H17F3N2O2S/c1-20(23(21,22)19-11-15(16,17)18)10-9-13-7-4-6-12-5-2-3-8-14(12)13/h2-8,19H,9-11H2,1H3. The molecule has 8 heteroatoms. The van der Waals surface area contributed by atoms with Crippen LogP contribution in [0.4, 0.5) is 13.2 Å². The summed E-state index contributed by atoms with van der Waals surface area (Å²) in [7, 11) is -2.90. The van der Waals surface area contributed by atoms with E-state index in [-0.39, 0.29) is 6.54 Å². The SMILES string of the molecule is CN(CCc1cccc2ccccc12)S(=O)(=O)NCC(F)(F)F. The second-order valence-electron chi connectivity index (χ2n) is 5.15. The summed E-state index contributed by atoms with van der Waals surface area (Å²) < 4.78 is 62.4. The molecule has 2 rings (SSSR count). The zero-order chi connectivity index (χ0) is 17.1. The number of alkyl halides is 3. The van der Waals surface area contributed by atoms with Crippen LogP contribution in [0.25, 0.3) is 10.8 Å². The molecule has 23 heavy (non-hydrogen) atoms. The average molecular weight is 346 g/mol. The van der Waals surface area contributed by atoms with Crippen LogP contribution in [0.2, 0.25) is 0 Å². The molecule has 0 aromatic heterocycles. The van der Waals surface area contributed by atoms with Crippen LogP contribution >= 0.6 is 0 Å². The minimum absolute atomic E-state index is 0.0845. The van der Waals surface area contributed by atoms with Gasteiger partial charge in [-0.25, -0.2) is 0 Å². The molecule has 0 aliphatic heterocycles. The fourth-order valence-corrected chi connectivity index (χ4v) is 3.09. The highest BCUT2D eigenvalue weighted by atomic mass is 32.2. The number of hydrogen-bond acceptors (Lipinski definition) is 2. The molecule has 0 spiro atoms. The van der Waals surface area contributed by atoms with Gasteiger partial charge in [-0.05, 0) is 22.8 Å². The van der Waals surface area contributed by atoms with E-state index in [0.29, 0.717) is 6.42 Å². The Balaban J connectivity index is 2.04. The van der Waals surface area contributed by atoms with Crippen molar-refractivity contribution >= 4 is 21.0 Å². The van der Waals surface area contributed by atoms with Crippen LogP contribution in [0.5, 0.6) is 0 Å². The molecule has 0 saturated heterocycles. The molecule has 0 heterocycles. The van der Waals surface area contributed by atoms with Gasteiger partial charge in [0, 0.05) is 13.6 Å². The molecule has 2 aromatic carbocycles. The molecule has 0 saturated carbocycles. The van der Waals surface area contributed by atoms with Gasteiger partial charge in [0.05, 0.1) is 0 Å². The lowest BCUT2D eigenvalue weighted by molar-refractivity contribution is -0.121. The molecular weight excluding hydrogens is 329 g/mol. The van der Waals surface area contributed by atoms with E-state index in [4.69, 9.17) is 0 Å². The van der Waals surface area contributed by atoms with Crippen LogP contribution in [0.15, 0.2) is 42.5 Å². The molecule has 2 aromatic rings. The maximum absolute atomic E-state index is 12.1. The molecule has 126 valence electrons. The van der Waals surface area contributed by atoms with Gasteiger partial charge in [-0.15, -0.1) is 0 Å². The highest BCUT2D eigenvalue weighted by molar-refractivity contribution is 7.87. The Morgan fingerprint density at radius 3 is 2.43 bits per heavy atom. The van der Waals surface area contributed by atoms with Crippen LogP contribution in [0, 0.1) is 0 Å². The predicted molar refractivity (Wildman–Crippen MR) is 83.3 cm³/mol. The zero-order valence-electron chi connectivity index (χ0n) is 12.5. The average Bonchev–Trinajstić information content (AvgIpc) is 2.50. The molecule has 0 fully saturated rings. The number of likely N-dealkylation sites (N-methyl/N-ethyl adjacent to an activating group) is 1. The lowest BCUT2D eigenvalue weighted by Gasteiger charge is -2.18. The van der Waals surface area contributed by atoms with E-state index < -0.39 is 22.9 Å². The highest BCUT2D eigenvalue weighted by Crippen LogP contribution is 2.19. The quantitative estimate of drug-likeness (QED) is 0.874. The fraction of sp³-hybridized carbons (Fsp3) is 0.333. The van der Waals surface area contributed by atoms with Crippen molar-refractivity contribution < 1.29 is 21.6 Å². The van der Waals surface area contributed by atoms with Crippen molar-refractivity contribution in [1.29, 1.82) is 0 Å². The third kappa shape index (κ3) is 4.92. The first-order valence-corrected chi connectivity index (χ1v) is 8.37. The van der Waals surface area contributed by atoms with Crippen molar-refractivity contribution in [3.63, 3.8) is 0 Å². The Kier molecular flexibility index (Phi) is 5.28. The van der Waals surface area contributed by atoms with Crippen LogP contribution in [0.1, 0.15) is 5.56 Å². The summed E-state index contributed by atoms with van der Waals surface area (Å²) >= 11 is 0. The Bertz CT molecular complexity index is 770. The summed E-state index contributed by atoms with van der Waals surface area (Å²) in [5, 5.41) is 2.04. The number of nitrogens with one attached hydrogen (secondary N) is 1. The topological polar surface area (TPSA) is 49.4 Å². The monoisotopic (exact) mass is 346 g/mol. The molecule has 1 N–H and O–H groups in total. The molecule has 0 atom stereocenters. The second kappa shape index (κ2) is 6.86. The van der Waals surface area contributed by atoms with E-state index in [1.165, 1.54) is 7.05 Å². The Labute approximate surface area is 133 Å². The van der Waals surface area contributed by atoms with Crippen molar-refractivity contribution in [1.82, 2.24) is 9.03 Å². The lowest BCUT2D eigenvalue weighted by atomic mass is 10.0. The summed E-state index contributed by atoms with van der Waals surface area (Å²) in [5.41, 5.74) is 0.945. The van der Waals surface area contributed by atoms with E-state index in [1.54, 1.807) is 4.72 Å². The summed E-state index contributed by atoms with van der Waals surface area (Å²) in [6, 6.07) is 13.4. The Morgan fingerprint density at radius 1 is 1.09 bits per heavy atom. The van der Waals surface area contributed by atoms with Gasteiger partial charge in [0.25, 0.3) is 10.2 Å². The van der Waals surface area contributed by atoms with E-state index in [2.05, 4.69) is 0 Å². The van der Waals surface area contributed by atoms with E-state index in [9.17, 15) is 21.6 Å². The van der Waals surface area contributed by atoms with Gasteiger partial charge >= 0.3 is 6.18 Å². The summed E-state index contributed by atoms with van der Waals surface area (Å²) in [6.45, 7) is -1.49. The van der Waals surface area contributed by atoms with E-state index in [0.717, 1.165) is 20.6 Å². The zero-order valence-corrected chi connectivity index (χ0v) is 13.3. The van der Waals surface area contributed by atoms with E-state index >= 15 is 0 Å². The van der Waals surface area contributed by atoms with Crippen LogP contribution < -0.4 is 4.72 Å². The third-order valence-electron chi connectivity index (χ3n) is 3.44. The minimum Gasteiger partial charge on any atom is -0.195 e. The predicted octanol–water partition coefficient (Wildman–Crippen LogP) is 2.71. The van der Waals surface area contributed by atoms with Crippen molar-refractivity contribution in [3.05, 3.63) is 48.0 Å². The maximum Gasteiger partial charge on any atom is 0.402 e. The molecular formula is C15H17F3N2O2S. The maximum atomic E-state index is 12.1. The molecule has 0 aliphatic carbocycles. The van der Waals surface area contributed by atoms with Gasteiger partial charge in [0.2, 0.25) is 0 Å². The normalized spacial score (nSPS) is 12.9. The highest BCUT2D eigenvalue weighted by Gasteiger charge is 2.30. The molecule has 0 amide bonds. The summed E-state index contributed by atoms with van der Waals surface area (Å²) in [4.78, 5) is 0. The van der Waals surface area contributed by atoms with E-state index in [1.807, 2.05) is 42.5 Å². The van der Waals surface area contributed by atoms with Gasteiger partial charge in [-0.1, -0.05) is 42.5 Å². The summed E-state index contributed by atoms with van der Waals surface area (Å²) in [6.07, 6.45) is -4.17. The number of nitrogens with zero attached hydrogens (tertiary/aromatic N) is 1. The van der Waals surface area contributed by atoms with Crippen molar-refractivity contribution in [2.24, 2.45) is 0 Å². The van der Waals surface area contributed by atoms with Gasteiger partial charge < -0.3 is 0 Å². The molecule has 4 nitrogen and oxygen atoms in total. The van der Waals surface area contributed by atoms with Crippen LogP contribution in [0.3, 0.4) is 0 Å². The number of halogens is 3. The van der Waals surface area contributed by atoms with Gasteiger partial charge in [-0.3, -0.25) is 0 Å². The first-order valence-electron chi connectivity index (χ1n) is 6.93. The third-order valence-corrected chi connectivity index (χ3v) is 4.95. The fourth-order valence-electron chi connectivity index (χ4n) is 2.19. The molecule has 0 radical (unpaired) electrons. The second-order valence-corrected chi connectivity index (χ2v) is 7.01. The Morgan fingerprint density at radius 2 is 1.74 bits per heavy atom. The van der Waals surface area contributed by atoms with Crippen LogP contribution in [-0.4, -0.2) is 39.0 Å². The molecule has 0 aliphatic rings.